The molecule has 1 rings (SSSR count). The summed E-state index contributed by atoms with van der Waals surface area (Å²) in [6.45, 7) is 19.3. The lowest BCUT2D eigenvalue weighted by atomic mass is 9.87. The minimum absolute atomic E-state index is 0.272. The van der Waals surface area contributed by atoms with Gasteiger partial charge in [-0.05, 0) is 11.0 Å². The average molecular weight is 264 g/mol. The zero-order valence-electron chi connectivity index (χ0n) is 12.7. The summed E-state index contributed by atoms with van der Waals surface area (Å²) in [7, 11) is -1.63. The van der Waals surface area contributed by atoms with Crippen molar-refractivity contribution in [3.05, 3.63) is 23.8 Å². The molecule has 0 atom stereocenters. The van der Waals surface area contributed by atoms with Crippen LogP contribution >= 0.6 is 0 Å². The normalized spacial score (nSPS) is 13.2. The maximum atomic E-state index is 2.46. The van der Waals surface area contributed by atoms with Gasteiger partial charge in [0.2, 0.25) is 0 Å². The van der Waals surface area contributed by atoms with Crippen molar-refractivity contribution in [3.8, 4) is 0 Å². The Bertz CT molecular complexity index is 392. The molecule has 0 aliphatic rings. The number of benzene rings is 1. The summed E-state index contributed by atoms with van der Waals surface area (Å²) >= 11 is 0. The Morgan fingerprint density at radius 2 is 1.53 bits per heavy atom. The molecular weight excluding hydrogens is 236 g/mol. The van der Waals surface area contributed by atoms with E-state index in [2.05, 4.69) is 71.7 Å². The van der Waals surface area contributed by atoms with Gasteiger partial charge >= 0.3 is 0 Å². The van der Waals surface area contributed by atoms with Gasteiger partial charge in [0.05, 0.1) is 16.9 Å². The van der Waals surface area contributed by atoms with Crippen LogP contribution in [0.4, 0.5) is 0 Å². The van der Waals surface area contributed by atoms with Crippen LogP contribution in [-0.2, 0) is 5.41 Å². The highest BCUT2D eigenvalue weighted by Crippen LogP contribution is 2.22. The maximum Gasteiger partial charge on any atom is 0.0795 e. The molecule has 17 heavy (non-hydrogen) atoms. The first-order chi connectivity index (χ1) is 7.55. The molecule has 0 aliphatic heterocycles. The molecule has 0 spiro atoms. The molecule has 0 aliphatic carbocycles. The van der Waals surface area contributed by atoms with Crippen LogP contribution < -0.4 is 10.4 Å². The van der Waals surface area contributed by atoms with Crippen LogP contribution in [0.5, 0.6) is 0 Å². The molecule has 1 radical (unpaired) electrons. The van der Waals surface area contributed by atoms with E-state index in [1.54, 1.807) is 15.9 Å². The smallest absolute Gasteiger partial charge is 0.0671 e. The molecule has 0 fully saturated rings. The topological polar surface area (TPSA) is 0 Å². The Morgan fingerprint density at radius 3 is 1.88 bits per heavy atom. The molecule has 2 heteroatoms. The van der Waals surface area contributed by atoms with E-state index in [-0.39, 0.29) is 14.2 Å². The van der Waals surface area contributed by atoms with Gasteiger partial charge in [0.25, 0.3) is 0 Å². The van der Waals surface area contributed by atoms with Crippen LogP contribution in [-0.4, -0.2) is 16.9 Å². The van der Waals surface area contributed by atoms with Crippen LogP contribution in [0.25, 0.3) is 0 Å². The third kappa shape index (κ3) is 3.32. The molecule has 1 aromatic carbocycles. The monoisotopic (exact) mass is 263 g/mol. The van der Waals surface area contributed by atoms with Crippen molar-refractivity contribution in [2.24, 2.45) is 0 Å². The molecule has 95 valence electrons. The fraction of sp³-hybridized carbons (Fsp3) is 0.600. The standard InChI is InChI=1S/C15H27Si2/c1-15(2,3)14-12(16(4)5)10-9-11-13(14)17(6,7)8/h9-11H,1-8H3. The van der Waals surface area contributed by atoms with E-state index >= 15 is 0 Å². The third-order valence-corrected chi connectivity index (χ3v) is 6.69. The Morgan fingerprint density at radius 1 is 1.00 bits per heavy atom. The average Bonchev–Trinajstić information content (AvgIpc) is 2.13. The van der Waals surface area contributed by atoms with Gasteiger partial charge in [-0.25, -0.2) is 0 Å². The molecule has 1 aromatic rings. The first-order valence-electron chi connectivity index (χ1n) is 6.49. The Hall–Kier alpha value is -0.346. The zero-order valence-corrected chi connectivity index (χ0v) is 14.7. The van der Waals surface area contributed by atoms with E-state index in [1.165, 1.54) is 0 Å². The molecule has 0 bridgehead atoms. The second kappa shape index (κ2) is 4.73. The zero-order chi connectivity index (χ0) is 13.4. The summed E-state index contributed by atoms with van der Waals surface area (Å²) in [5, 5.41) is 3.30. The highest BCUT2D eigenvalue weighted by Gasteiger charge is 2.29. The Labute approximate surface area is 110 Å². The number of rotatable bonds is 2. The minimum atomic E-state index is -1.25. The predicted octanol–water partition coefficient (Wildman–Crippen LogP) is 3.49. The lowest BCUT2D eigenvalue weighted by Crippen LogP contribution is -2.48. The van der Waals surface area contributed by atoms with Gasteiger partial charge in [-0.15, -0.1) is 0 Å². The second-order valence-corrected chi connectivity index (χ2v) is 14.8. The molecule has 0 aromatic heterocycles. The van der Waals surface area contributed by atoms with E-state index < -0.39 is 8.07 Å². The van der Waals surface area contributed by atoms with E-state index in [0.717, 1.165) is 0 Å². The molecule has 0 nitrogen and oxygen atoms in total. The molecule has 0 amide bonds. The minimum Gasteiger partial charge on any atom is -0.0671 e. The number of hydrogen-bond donors (Lipinski definition) is 0. The largest absolute Gasteiger partial charge is 0.0795 e. The van der Waals surface area contributed by atoms with Crippen molar-refractivity contribution in [2.45, 2.75) is 58.9 Å². The van der Waals surface area contributed by atoms with Gasteiger partial charge in [-0.2, -0.15) is 0 Å². The quantitative estimate of drug-likeness (QED) is 0.717. The highest BCUT2D eigenvalue weighted by molar-refractivity contribution is 6.89. The SMILES string of the molecule is C[Si](C)c1cccc([Si](C)(C)C)c1C(C)(C)C. The van der Waals surface area contributed by atoms with Crippen molar-refractivity contribution in [2.75, 3.05) is 0 Å². The van der Waals surface area contributed by atoms with Crippen molar-refractivity contribution in [3.63, 3.8) is 0 Å². The second-order valence-electron chi connectivity index (χ2n) is 7.23. The van der Waals surface area contributed by atoms with Gasteiger partial charge < -0.3 is 0 Å². The fourth-order valence-corrected chi connectivity index (χ4v) is 5.82. The molecule has 0 unspecified atom stereocenters. The van der Waals surface area contributed by atoms with Crippen LogP contribution in [0.3, 0.4) is 0 Å². The summed E-state index contributed by atoms with van der Waals surface area (Å²) in [6.07, 6.45) is 0. The third-order valence-electron chi connectivity index (χ3n) is 3.16. The van der Waals surface area contributed by atoms with Gasteiger partial charge in [-0.1, -0.05) is 82.1 Å². The Balaban J connectivity index is 3.58. The molecular formula is C15H27Si2. The summed E-state index contributed by atoms with van der Waals surface area (Å²) < 4.78 is 0. The first kappa shape index (κ1) is 14.7. The van der Waals surface area contributed by atoms with Crippen LogP contribution in [0, 0.1) is 0 Å². The van der Waals surface area contributed by atoms with E-state index in [9.17, 15) is 0 Å². The van der Waals surface area contributed by atoms with Crippen molar-refractivity contribution in [1.82, 2.24) is 0 Å². The Kier molecular flexibility index (Phi) is 4.10. The summed E-state index contributed by atoms with van der Waals surface area (Å²) in [5.74, 6) is 0. The summed E-state index contributed by atoms with van der Waals surface area (Å²) in [5.41, 5.74) is 1.92. The molecule has 0 saturated carbocycles. The maximum absolute atomic E-state index is 2.46. The molecule has 0 N–H and O–H groups in total. The van der Waals surface area contributed by atoms with Crippen LogP contribution in [0.2, 0.25) is 32.7 Å². The van der Waals surface area contributed by atoms with E-state index in [0.29, 0.717) is 0 Å². The lowest BCUT2D eigenvalue weighted by Gasteiger charge is -2.32. The van der Waals surface area contributed by atoms with Gasteiger partial charge in [0.15, 0.2) is 0 Å². The van der Waals surface area contributed by atoms with Gasteiger partial charge in [-0.3, -0.25) is 0 Å². The van der Waals surface area contributed by atoms with Gasteiger partial charge in [0, 0.05) is 0 Å². The number of hydrogen-bond acceptors (Lipinski definition) is 0. The first-order valence-corrected chi connectivity index (χ1v) is 12.5. The fourth-order valence-electron chi connectivity index (χ4n) is 2.40. The van der Waals surface area contributed by atoms with Crippen molar-refractivity contribution >= 4 is 27.2 Å². The van der Waals surface area contributed by atoms with Crippen molar-refractivity contribution < 1.29 is 0 Å². The van der Waals surface area contributed by atoms with Gasteiger partial charge in [0.1, 0.15) is 0 Å². The van der Waals surface area contributed by atoms with Crippen molar-refractivity contribution in [1.29, 1.82) is 0 Å². The summed E-state index contributed by atoms with van der Waals surface area (Å²) in [6, 6.07) is 7.01. The predicted molar refractivity (Wildman–Crippen MR) is 85.2 cm³/mol. The molecule has 0 heterocycles. The summed E-state index contributed by atoms with van der Waals surface area (Å²) in [4.78, 5) is 0. The van der Waals surface area contributed by atoms with Crippen LogP contribution in [0.1, 0.15) is 26.3 Å². The van der Waals surface area contributed by atoms with E-state index in [4.69, 9.17) is 0 Å². The highest BCUT2D eigenvalue weighted by atomic mass is 28.3. The van der Waals surface area contributed by atoms with Crippen LogP contribution in [0.15, 0.2) is 18.2 Å². The lowest BCUT2D eigenvalue weighted by molar-refractivity contribution is 0.597. The molecule has 0 saturated heterocycles. The van der Waals surface area contributed by atoms with E-state index in [1.807, 2.05) is 0 Å².